The van der Waals surface area contributed by atoms with Crippen molar-refractivity contribution in [3.63, 3.8) is 0 Å². The summed E-state index contributed by atoms with van der Waals surface area (Å²) in [4.78, 5) is 12.7. The molecule has 3 aromatic heterocycles. The quantitative estimate of drug-likeness (QED) is 0.564. The largest absolute Gasteiger partial charge is 0.462 e. The third-order valence-electron chi connectivity index (χ3n) is 2.38. The van der Waals surface area contributed by atoms with E-state index >= 15 is 0 Å². The van der Waals surface area contributed by atoms with Gasteiger partial charge in [0.15, 0.2) is 15.9 Å². The number of nitrogens with two attached hydrogens (primary N) is 2. The molecule has 0 fully saturated rings. The number of nitrogens with zero attached hydrogens (tertiary/aromatic N) is 3. The summed E-state index contributed by atoms with van der Waals surface area (Å²) in [5.74, 6) is 2.17. The average Bonchev–Trinajstić information content (AvgIpc) is 3.06. The number of hydrogen-bond donors (Lipinski definition) is 2. The van der Waals surface area contributed by atoms with E-state index in [2.05, 4.69) is 15.0 Å². The molecule has 4 N–H and O–H groups in total. The number of thioether (sulfide) groups is 1. The monoisotopic (exact) mass is 305 g/mol. The summed E-state index contributed by atoms with van der Waals surface area (Å²) in [6.45, 7) is 0. The fourth-order valence-corrected chi connectivity index (χ4v) is 3.21. The Kier molecular flexibility index (Phi) is 3.57. The van der Waals surface area contributed by atoms with E-state index in [0.717, 1.165) is 16.5 Å². The molecule has 0 radical (unpaired) electrons. The number of hydrogen-bond acceptors (Lipinski definition) is 8. The standard InChI is InChI=1S/C12H11N5OS2/c13-9-4-10(14)17-12(16-9)20-6-7-5-19-11(15-7)8-2-1-3-18-8/h1-5H,6H2,(H4,13,14,16,17). The van der Waals surface area contributed by atoms with Gasteiger partial charge in [0.1, 0.15) is 11.6 Å². The molecule has 102 valence electrons. The summed E-state index contributed by atoms with van der Waals surface area (Å²) >= 11 is 2.98. The fraction of sp³-hybridized carbons (Fsp3) is 0.0833. The van der Waals surface area contributed by atoms with Crippen molar-refractivity contribution in [1.82, 2.24) is 15.0 Å². The van der Waals surface area contributed by atoms with Gasteiger partial charge < -0.3 is 15.9 Å². The van der Waals surface area contributed by atoms with Crippen LogP contribution >= 0.6 is 23.1 Å². The van der Waals surface area contributed by atoms with Crippen LogP contribution in [0.15, 0.2) is 39.4 Å². The van der Waals surface area contributed by atoms with Gasteiger partial charge in [0, 0.05) is 17.2 Å². The number of furan rings is 1. The average molecular weight is 305 g/mol. The van der Waals surface area contributed by atoms with Gasteiger partial charge in [0.25, 0.3) is 0 Å². The van der Waals surface area contributed by atoms with Crippen LogP contribution in [0, 0.1) is 0 Å². The lowest BCUT2D eigenvalue weighted by molar-refractivity contribution is 0.581. The predicted molar refractivity (Wildman–Crippen MR) is 80.2 cm³/mol. The van der Waals surface area contributed by atoms with Crippen molar-refractivity contribution < 1.29 is 4.42 Å². The summed E-state index contributed by atoms with van der Waals surface area (Å²) in [5.41, 5.74) is 12.2. The smallest absolute Gasteiger partial charge is 0.191 e. The molecule has 0 aliphatic rings. The van der Waals surface area contributed by atoms with Crippen molar-refractivity contribution in [3.05, 3.63) is 35.5 Å². The minimum Gasteiger partial charge on any atom is -0.462 e. The van der Waals surface area contributed by atoms with Gasteiger partial charge in [-0.1, -0.05) is 11.8 Å². The van der Waals surface area contributed by atoms with Crippen LogP contribution in [0.3, 0.4) is 0 Å². The highest BCUT2D eigenvalue weighted by Crippen LogP contribution is 2.27. The number of aromatic nitrogens is 3. The van der Waals surface area contributed by atoms with Gasteiger partial charge in [-0.3, -0.25) is 0 Å². The number of anilines is 2. The molecule has 3 rings (SSSR count). The molecular weight excluding hydrogens is 294 g/mol. The van der Waals surface area contributed by atoms with E-state index in [4.69, 9.17) is 15.9 Å². The highest BCUT2D eigenvalue weighted by Gasteiger charge is 2.08. The second-order valence-electron chi connectivity index (χ2n) is 3.91. The van der Waals surface area contributed by atoms with Gasteiger partial charge in [-0.15, -0.1) is 11.3 Å². The molecule has 6 nitrogen and oxygen atoms in total. The van der Waals surface area contributed by atoms with Gasteiger partial charge in [0.05, 0.1) is 12.0 Å². The van der Waals surface area contributed by atoms with Gasteiger partial charge >= 0.3 is 0 Å². The zero-order chi connectivity index (χ0) is 13.9. The highest BCUT2D eigenvalue weighted by molar-refractivity contribution is 7.98. The Bertz CT molecular complexity index is 690. The van der Waals surface area contributed by atoms with Crippen molar-refractivity contribution in [3.8, 4) is 10.8 Å². The predicted octanol–water partition coefficient (Wildman–Crippen LogP) is 2.65. The van der Waals surface area contributed by atoms with E-state index in [0.29, 0.717) is 22.5 Å². The molecular formula is C12H11N5OS2. The van der Waals surface area contributed by atoms with E-state index in [1.807, 2.05) is 17.5 Å². The maximum Gasteiger partial charge on any atom is 0.191 e. The molecule has 0 spiro atoms. The third-order valence-corrected chi connectivity index (χ3v) is 4.16. The first-order valence-corrected chi connectivity index (χ1v) is 7.58. The van der Waals surface area contributed by atoms with Gasteiger partial charge in [-0.2, -0.15) is 0 Å². The Labute approximate surface area is 123 Å². The van der Waals surface area contributed by atoms with Crippen molar-refractivity contribution in [2.75, 3.05) is 11.5 Å². The molecule has 0 saturated heterocycles. The molecule has 0 amide bonds. The Hall–Kier alpha value is -2.06. The molecule has 0 atom stereocenters. The normalized spacial score (nSPS) is 10.8. The second-order valence-corrected chi connectivity index (χ2v) is 5.71. The van der Waals surface area contributed by atoms with Crippen LogP contribution in [0.5, 0.6) is 0 Å². The zero-order valence-corrected chi connectivity index (χ0v) is 11.9. The zero-order valence-electron chi connectivity index (χ0n) is 10.3. The number of nitrogen functional groups attached to an aromatic ring is 2. The minimum atomic E-state index is 0.370. The van der Waals surface area contributed by atoms with Gasteiger partial charge in [-0.25, -0.2) is 15.0 Å². The molecule has 0 aliphatic heterocycles. The lowest BCUT2D eigenvalue weighted by atomic mass is 10.5. The van der Waals surface area contributed by atoms with E-state index < -0.39 is 0 Å². The first-order valence-electron chi connectivity index (χ1n) is 5.72. The molecule has 20 heavy (non-hydrogen) atoms. The van der Waals surface area contributed by atoms with Gasteiger partial charge in [0.2, 0.25) is 0 Å². The molecule has 8 heteroatoms. The van der Waals surface area contributed by atoms with E-state index in [-0.39, 0.29) is 0 Å². The Morgan fingerprint density at radius 1 is 1.20 bits per heavy atom. The van der Waals surface area contributed by atoms with Crippen LogP contribution in [-0.4, -0.2) is 15.0 Å². The number of rotatable bonds is 4. The molecule has 3 heterocycles. The van der Waals surface area contributed by atoms with Crippen LogP contribution in [-0.2, 0) is 5.75 Å². The molecule has 3 aromatic rings. The Balaban J connectivity index is 1.69. The highest BCUT2D eigenvalue weighted by atomic mass is 32.2. The SMILES string of the molecule is Nc1cc(N)nc(SCc2csc(-c3ccco3)n2)n1. The molecule has 0 unspecified atom stereocenters. The van der Waals surface area contributed by atoms with E-state index in [9.17, 15) is 0 Å². The van der Waals surface area contributed by atoms with Crippen LogP contribution in [0.2, 0.25) is 0 Å². The van der Waals surface area contributed by atoms with Crippen LogP contribution in [0.4, 0.5) is 11.6 Å². The first-order chi connectivity index (χ1) is 9.70. The summed E-state index contributed by atoms with van der Waals surface area (Å²) < 4.78 is 5.31. The lowest BCUT2D eigenvalue weighted by Gasteiger charge is -2.00. The van der Waals surface area contributed by atoms with Crippen molar-refractivity contribution in [2.24, 2.45) is 0 Å². The Morgan fingerprint density at radius 3 is 2.70 bits per heavy atom. The fourth-order valence-electron chi connectivity index (χ4n) is 1.55. The van der Waals surface area contributed by atoms with Crippen molar-refractivity contribution in [2.45, 2.75) is 10.9 Å². The van der Waals surface area contributed by atoms with E-state index in [1.54, 1.807) is 17.6 Å². The number of thiazole rings is 1. The summed E-state index contributed by atoms with van der Waals surface area (Å²) in [7, 11) is 0. The molecule has 0 bridgehead atoms. The van der Waals surface area contributed by atoms with Crippen molar-refractivity contribution in [1.29, 1.82) is 0 Å². The lowest BCUT2D eigenvalue weighted by Crippen LogP contribution is -1.99. The Morgan fingerprint density at radius 2 is 2.00 bits per heavy atom. The van der Waals surface area contributed by atoms with Crippen LogP contribution in [0.25, 0.3) is 10.8 Å². The van der Waals surface area contributed by atoms with Gasteiger partial charge in [-0.05, 0) is 12.1 Å². The maximum absolute atomic E-state index is 5.63. The summed E-state index contributed by atoms with van der Waals surface area (Å²) in [5, 5.41) is 3.40. The molecule has 0 aromatic carbocycles. The third kappa shape index (κ3) is 2.91. The summed E-state index contributed by atoms with van der Waals surface area (Å²) in [6, 6.07) is 5.26. The van der Waals surface area contributed by atoms with Crippen LogP contribution < -0.4 is 11.5 Å². The molecule has 0 saturated carbocycles. The van der Waals surface area contributed by atoms with Crippen LogP contribution in [0.1, 0.15) is 5.69 Å². The topological polar surface area (TPSA) is 104 Å². The maximum atomic E-state index is 5.63. The molecule has 0 aliphatic carbocycles. The second kappa shape index (κ2) is 5.51. The minimum absolute atomic E-state index is 0.370. The summed E-state index contributed by atoms with van der Waals surface area (Å²) in [6.07, 6.45) is 1.63. The van der Waals surface area contributed by atoms with E-state index in [1.165, 1.54) is 17.8 Å². The first kappa shape index (κ1) is 12.9. The van der Waals surface area contributed by atoms with Crippen molar-refractivity contribution >= 4 is 34.7 Å².